The summed E-state index contributed by atoms with van der Waals surface area (Å²) in [5.74, 6) is -0.567. The summed E-state index contributed by atoms with van der Waals surface area (Å²) < 4.78 is 0. The summed E-state index contributed by atoms with van der Waals surface area (Å²) in [5, 5.41) is 14.9. The van der Waals surface area contributed by atoms with Gasteiger partial charge in [0.15, 0.2) is 0 Å². The van der Waals surface area contributed by atoms with Crippen LogP contribution in [0.25, 0.3) is 0 Å². The first-order valence-electron chi connectivity index (χ1n) is 6.07. The van der Waals surface area contributed by atoms with Crippen molar-refractivity contribution in [2.45, 2.75) is 43.8 Å². The number of hydrogen-bond donors (Lipinski definition) is 4. The smallest absolute Gasteiger partial charge is 0.320 e. The van der Waals surface area contributed by atoms with Crippen molar-refractivity contribution < 1.29 is 14.7 Å². The standard InChI is InChI=1S/C11H19N3O3/c12-7-3-6(5-13-10(15)4-7)8-1-2-9(14-8)11(16)17/h6-9,14H,1-5,12H2,(H,13,15)(H,16,17)/t6?,7-,8?,9?/m0/s1. The predicted molar refractivity (Wildman–Crippen MR) is 61.3 cm³/mol. The minimum Gasteiger partial charge on any atom is -0.480 e. The topological polar surface area (TPSA) is 104 Å². The lowest BCUT2D eigenvalue weighted by Gasteiger charge is -2.23. The molecule has 6 heteroatoms. The van der Waals surface area contributed by atoms with Crippen LogP contribution in [-0.2, 0) is 9.59 Å². The summed E-state index contributed by atoms with van der Waals surface area (Å²) in [4.78, 5) is 22.2. The highest BCUT2D eigenvalue weighted by Gasteiger charge is 2.35. The lowest BCUT2D eigenvalue weighted by atomic mass is 9.92. The Morgan fingerprint density at radius 2 is 2.18 bits per heavy atom. The number of rotatable bonds is 2. The first-order chi connectivity index (χ1) is 8.06. The number of amides is 1. The molecule has 0 aromatic rings. The molecule has 2 aliphatic rings. The van der Waals surface area contributed by atoms with Gasteiger partial charge in [0.2, 0.25) is 5.91 Å². The van der Waals surface area contributed by atoms with Gasteiger partial charge in [0.1, 0.15) is 6.04 Å². The van der Waals surface area contributed by atoms with Gasteiger partial charge in [0, 0.05) is 25.0 Å². The van der Waals surface area contributed by atoms with Crippen LogP contribution in [0.2, 0.25) is 0 Å². The fraction of sp³-hybridized carbons (Fsp3) is 0.818. The highest BCUT2D eigenvalue weighted by Crippen LogP contribution is 2.24. The van der Waals surface area contributed by atoms with E-state index in [0.29, 0.717) is 19.4 Å². The molecule has 0 aromatic heterocycles. The van der Waals surface area contributed by atoms with Crippen LogP contribution in [0, 0.1) is 5.92 Å². The van der Waals surface area contributed by atoms with Gasteiger partial charge in [-0.3, -0.25) is 9.59 Å². The number of carbonyl (C=O) groups is 2. The molecule has 2 saturated heterocycles. The van der Waals surface area contributed by atoms with Gasteiger partial charge in [-0.05, 0) is 25.2 Å². The van der Waals surface area contributed by atoms with E-state index in [2.05, 4.69) is 10.6 Å². The molecular formula is C11H19N3O3. The Balaban J connectivity index is 1.94. The lowest BCUT2D eigenvalue weighted by molar-refractivity contribution is -0.139. The Labute approximate surface area is 99.9 Å². The molecular weight excluding hydrogens is 222 g/mol. The van der Waals surface area contributed by atoms with Crippen molar-refractivity contribution in [1.29, 1.82) is 0 Å². The molecule has 2 heterocycles. The molecule has 17 heavy (non-hydrogen) atoms. The van der Waals surface area contributed by atoms with Crippen LogP contribution in [0.1, 0.15) is 25.7 Å². The number of carbonyl (C=O) groups excluding carboxylic acids is 1. The molecule has 0 bridgehead atoms. The lowest BCUT2D eigenvalue weighted by Crippen LogP contribution is -2.42. The van der Waals surface area contributed by atoms with Crippen LogP contribution in [0.3, 0.4) is 0 Å². The van der Waals surface area contributed by atoms with Crippen molar-refractivity contribution in [3.05, 3.63) is 0 Å². The summed E-state index contributed by atoms with van der Waals surface area (Å²) in [7, 11) is 0. The molecule has 0 saturated carbocycles. The van der Waals surface area contributed by atoms with Crippen molar-refractivity contribution in [3.63, 3.8) is 0 Å². The molecule has 96 valence electrons. The number of aliphatic carboxylic acids is 1. The highest BCUT2D eigenvalue weighted by atomic mass is 16.4. The molecule has 1 amide bonds. The van der Waals surface area contributed by atoms with Gasteiger partial charge in [-0.25, -0.2) is 0 Å². The average Bonchev–Trinajstić information content (AvgIpc) is 2.67. The summed E-state index contributed by atoms with van der Waals surface area (Å²) in [5.41, 5.74) is 5.87. The molecule has 3 unspecified atom stereocenters. The SMILES string of the molecule is N[C@@H]1CC(=O)NCC(C2CCC(C(=O)O)N2)C1. The molecule has 2 fully saturated rings. The van der Waals surface area contributed by atoms with Gasteiger partial charge in [-0.1, -0.05) is 0 Å². The number of nitrogens with two attached hydrogens (primary N) is 1. The predicted octanol–water partition coefficient (Wildman–Crippen LogP) is -0.955. The summed E-state index contributed by atoms with van der Waals surface area (Å²) in [6, 6.07) is -0.413. The zero-order valence-electron chi connectivity index (χ0n) is 9.69. The van der Waals surface area contributed by atoms with Gasteiger partial charge in [-0.2, -0.15) is 0 Å². The molecule has 4 atom stereocenters. The van der Waals surface area contributed by atoms with E-state index < -0.39 is 12.0 Å². The van der Waals surface area contributed by atoms with E-state index in [-0.39, 0.29) is 23.9 Å². The highest BCUT2D eigenvalue weighted by molar-refractivity contribution is 5.77. The average molecular weight is 241 g/mol. The minimum atomic E-state index is -0.797. The van der Waals surface area contributed by atoms with E-state index in [1.807, 2.05) is 0 Å². The zero-order chi connectivity index (χ0) is 12.4. The molecule has 6 nitrogen and oxygen atoms in total. The molecule has 2 aliphatic heterocycles. The monoisotopic (exact) mass is 241 g/mol. The van der Waals surface area contributed by atoms with Gasteiger partial charge >= 0.3 is 5.97 Å². The van der Waals surface area contributed by atoms with Crippen LogP contribution in [-0.4, -0.2) is 41.7 Å². The molecule has 2 rings (SSSR count). The van der Waals surface area contributed by atoms with Gasteiger partial charge < -0.3 is 21.5 Å². The molecule has 0 aromatic carbocycles. The second-order valence-corrected chi connectivity index (χ2v) is 5.01. The van der Waals surface area contributed by atoms with E-state index in [1.165, 1.54) is 0 Å². The van der Waals surface area contributed by atoms with Crippen LogP contribution in [0.5, 0.6) is 0 Å². The minimum absolute atomic E-state index is 0.00668. The van der Waals surface area contributed by atoms with Crippen molar-refractivity contribution in [3.8, 4) is 0 Å². The second kappa shape index (κ2) is 5.01. The molecule has 0 aliphatic carbocycles. The molecule has 0 spiro atoms. The van der Waals surface area contributed by atoms with Gasteiger partial charge in [0.05, 0.1) is 0 Å². The first kappa shape index (κ1) is 12.3. The van der Waals surface area contributed by atoms with Crippen LogP contribution >= 0.6 is 0 Å². The van der Waals surface area contributed by atoms with Gasteiger partial charge in [0.25, 0.3) is 0 Å². The first-order valence-corrected chi connectivity index (χ1v) is 6.07. The maximum atomic E-state index is 11.3. The molecule has 5 N–H and O–H groups in total. The summed E-state index contributed by atoms with van der Waals surface area (Å²) in [6.45, 7) is 0.594. The van der Waals surface area contributed by atoms with Crippen molar-refractivity contribution in [2.75, 3.05) is 6.54 Å². The van der Waals surface area contributed by atoms with E-state index in [4.69, 9.17) is 10.8 Å². The fourth-order valence-corrected chi connectivity index (χ4v) is 2.76. The largest absolute Gasteiger partial charge is 0.480 e. The Morgan fingerprint density at radius 3 is 2.82 bits per heavy atom. The van der Waals surface area contributed by atoms with Crippen LogP contribution in [0.4, 0.5) is 0 Å². The van der Waals surface area contributed by atoms with E-state index in [0.717, 1.165) is 12.8 Å². The third kappa shape index (κ3) is 2.95. The van der Waals surface area contributed by atoms with Crippen molar-refractivity contribution >= 4 is 11.9 Å². The van der Waals surface area contributed by atoms with E-state index in [1.54, 1.807) is 0 Å². The third-order valence-corrected chi connectivity index (χ3v) is 3.66. The summed E-state index contributed by atoms with van der Waals surface area (Å²) in [6.07, 6.45) is 2.62. The number of carboxylic acids is 1. The molecule has 0 radical (unpaired) electrons. The van der Waals surface area contributed by atoms with Crippen LogP contribution < -0.4 is 16.4 Å². The fourth-order valence-electron chi connectivity index (χ4n) is 2.76. The summed E-state index contributed by atoms with van der Waals surface area (Å²) >= 11 is 0. The van der Waals surface area contributed by atoms with Gasteiger partial charge in [-0.15, -0.1) is 0 Å². The second-order valence-electron chi connectivity index (χ2n) is 5.01. The normalized spacial score (nSPS) is 38.5. The maximum Gasteiger partial charge on any atom is 0.320 e. The number of carboxylic acid groups (broad SMARTS) is 1. The van der Waals surface area contributed by atoms with E-state index >= 15 is 0 Å². The van der Waals surface area contributed by atoms with E-state index in [9.17, 15) is 9.59 Å². The number of nitrogens with one attached hydrogen (secondary N) is 2. The Kier molecular flexibility index (Phi) is 3.63. The maximum absolute atomic E-state index is 11.3. The Bertz CT molecular complexity index is 321. The Morgan fingerprint density at radius 1 is 1.41 bits per heavy atom. The number of hydrogen-bond acceptors (Lipinski definition) is 4. The van der Waals surface area contributed by atoms with Crippen molar-refractivity contribution in [1.82, 2.24) is 10.6 Å². The van der Waals surface area contributed by atoms with Crippen molar-refractivity contribution in [2.24, 2.45) is 11.7 Å². The zero-order valence-corrected chi connectivity index (χ0v) is 9.69. The quantitative estimate of drug-likeness (QED) is 0.499. The third-order valence-electron chi connectivity index (χ3n) is 3.66. The Hall–Kier alpha value is -1.14. The van der Waals surface area contributed by atoms with Crippen LogP contribution in [0.15, 0.2) is 0 Å².